The maximum atomic E-state index is 13.4. The molecule has 770 valence electrons. The lowest BCUT2D eigenvalue weighted by Gasteiger charge is -2.61. The summed E-state index contributed by atoms with van der Waals surface area (Å²) >= 11 is 2.15. The number of carboxylic acid groups (broad SMARTS) is 2. The van der Waals surface area contributed by atoms with Crippen molar-refractivity contribution >= 4 is 105 Å². The van der Waals surface area contributed by atoms with Crippen molar-refractivity contribution in [2.75, 3.05) is 55.7 Å². The summed E-state index contributed by atoms with van der Waals surface area (Å²) in [6, 6.07) is 90.6. The molecule has 0 radical (unpaired) electrons. The molecule has 13 unspecified atom stereocenters. The molecule has 0 bridgehead atoms. The second-order valence-corrected chi connectivity index (χ2v) is 42.3. The molecular formula is C121H137IN8O17. The molecule has 10 aromatic carbocycles. The molecule has 26 heteroatoms. The number of hydrogen-bond donors (Lipinski definition) is 3. The quantitative estimate of drug-likeness (QED) is 0.0288. The van der Waals surface area contributed by atoms with Crippen molar-refractivity contribution < 1.29 is 81.8 Å². The van der Waals surface area contributed by atoms with Gasteiger partial charge in [-0.1, -0.05) is 281 Å². The maximum absolute atomic E-state index is 13.4. The number of nitrogens with zero attached hydrogens (tertiary/aromatic N) is 7. The average molecular weight is 2100 g/mol. The highest BCUT2D eigenvalue weighted by Crippen LogP contribution is 2.65. The second-order valence-electron chi connectivity index (χ2n) is 42.3. The van der Waals surface area contributed by atoms with Crippen molar-refractivity contribution in [3.8, 4) is 0 Å². The van der Waals surface area contributed by atoms with Gasteiger partial charge in [0.2, 0.25) is 0 Å². The molecule has 0 aromatic heterocycles. The van der Waals surface area contributed by atoms with Gasteiger partial charge in [-0.15, -0.1) is 0 Å². The lowest BCUT2D eigenvalue weighted by Crippen LogP contribution is -2.64. The Labute approximate surface area is 876 Å². The molecule has 5 amide bonds. The molecule has 0 spiro atoms. The molecule has 6 aliphatic heterocycles. The number of para-hydroxylation sites is 5. The summed E-state index contributed by atoms with van der Waals surface area (Å²) in [5, 5.41) is 22.2. The standard InChI is InChI=1S/2C27H32N2O4.C23H26N2O2.C20H19NO3.C19H17NO3.C4H8O.CH3I/c2*1-27-16-15-23(27)29(26(32)33-18-19-8-3-2-4-9-19)22-11-6-5-10-21(22)25(27)28(20-13-14-20)17-7-12-24(30)31;1-23-14-13-20(23)25(22(26)27-15-16-7-3-2-4-8-16)19-10-6-5-9-18(19)21(23)24-17-11-12-17;1-20-12-11-17(20)21(16-10-6-5-9-15(16)18(20)22)19(23)24-13-14-7-3-2-4-8-14;21-18-14-8-4-5-9-16(14)20(17-11-10-15(17)18)19(22)23-12-13-6-2-1-3-7-13;1-2-4-5-3-1;1-2/h2*2-6,8-11,20,23,25H,7,12-18H2,1H3,(H,30,31);2-10,17,20-21,24H,11-15H2,1H3;2-10,17H,11-13H2,1H3;1-9,15,17H,10-12H2;1-4H2;1H3. The second kappa shape index (κ2) is 46.9. The third kappa shape index (κ3) is 22.7. The number of carbonyl (C=O) groups is 9. The van der Waals surface area contributed by atoms with Gasteiger partial charge in [0.1, 0.15) is 33.0 Å². The van der Waals surface area contributed by atoms with Crippen molar-refractivity contribution in [3.63, 3.8) is 0 Å². The Morgan fingerprint density at radius 3 is 1.01 bits per heavy atom. The van der Waals surface area contributed by atoms with Gasteiger partial charge < -0.3 is 44.0 Å². The highest BCUT2D eigenvalue weighted by Gasteiger charge is 2.64. The number of rotatable bonds is 24. The molecule has 13 atom stereocenters. The Hall–Kier alpha value is -12.6. The van der Waals surface area contributed by atoms with E-state index in [-0.39, 0.29) is 146 Å². The summed E-state index contributed by atoms with van der Waals surface area (Å²) in [5.41, 5.74) is 13.3. The first-order valence-electron chi connectivity index (χ1n) is 52.7. The molecule has 10 aromatic rings. The van der Waals surface area contributed by atoms with Crippen molar-refractivity contribution in [1.29, 1.82) is 0 Å². The van der Waals surface area contributed by atoms with E-state index in [0.29, 0.717) is 66.1 Å². The van der Waals surface area contributed by atoms with Gasteiger partial charge in [0.05, 0.1) is 45.9 Å². The third-order valence-electron chi connectivity index (χ3n) is 32.9. The van der Waals surface area contributed by atoms with Gasteiger partial charge in [-0.2, -0.15) is 0 Å². The number of anilines is 5. The van der Waals surface area contributed by atoms with Gasteiger partial charge in [0, 0.05) is 114 Å². The zero-order chi connectivity index (χ0) is 103. The van der Waals surface area contributed by atoms with E-state index < -0.39 is 17.4 Å². The molecular weight excluding hydrogens is 1960 g/mol. The fraction of sp³-hybridized carbons (Fsp3) is 0.430. The number of fused-ring (bicyclic) bond motifs is 10. The van der Waals surface area contributed by atoms with Crippen molar-refractivity contribution in [3.05, 3.63) is 329 Å². The fourth-order valence-electron chi connectivity index (χ4n) is 24.1. The zero-order valence-corrected chi connectivity index (χ0v) is 87.0. The highest BCUT2D eigenvalue weighted by atomic mass is 127. The normalized spacial score (nSPS) is 25.1. The van der Waals surface area contributed by atoms with E-state index in [0.717, 1.165) is 172 Å². The summed E-state index contributed by atoms with van der Waals surface area (Å²) in [5.74, 6) is -1.26. The average Bonchev–Trinajstić information content (AvgIpc) is 1.70. The molecule has 1 saturated heterocycles. The van der Waals surface area contributed by atoms with Crippen LogP contribution in [0.15, 0.2) is 273 Å². The number of carboxylic acids is 2. The zero-order valence-electron chi connectivity index (χ0n) is 84.9. The van der Waals surface area contributed by atoms with Crippen LogP contribution >= 0.6 is 22.6 Å². The largest absolute Gasteiger partial charge is 0.481 e. The van der Waals surface area contributed by atoms with Crippen LogP contribution < -0.4 is 29.8 Å². The number of alkyl halides is 1. The molecule has 25 nitrogen and oxygen atoms in total. The van der Waals surface area contributed by atoms with E-state index in [2.05, 4.69) is 88.8 Å². The minimum absolute atomic E-state index is 0.0549. The predicted octanol–water partition coefficient (Wildman–Crippen LogP) is 25.4. The number of Topliss-reactive ketones (excluding diaryl/α,β-unsaturated/α-hetero) is 2. The van der Waals surface area contributed by atoms with Gasteiger partial charge in [0.25, 0.3) is 0 Å². The molecule has 8 aliphatic carbocycles. The minimum Gasteiger partial charge on any atom is -0.481 e. The number of aliphatic carboxylic acids is 2. The SMILES string of the molecule is C1CCOC1.CC12CCC1N(C(=O)OCc1ccccc1)c1ccccc1C2=O.CC12CCC1N(C(=O)OCc1ccccc1)c1ccccc1C2N(CCCC(=O)O)C1CC1.CC12CCC1N(C(=O)OCc1ccccc1)c1ccccc1C2N(CCCC(=O)O)C1CC1.CC12CCC1N(C(=O)OCc1ccccc1)c1ccccc1C2NC1CC1.CI.O=C1c2ccccc2N(C(=O)OCc2ccccc2)C2CCC12. The number of halogens is 1. The number of ether oxygens (including phenoxy) is 6. The molecule has 9 fully saturated rings. The summed E-state index contributed by atoms with van der Waals surface area (Å²) in [6.45, 7) is 13.7. The van der Waals surface area contributed by atoms with Crippen LogP contribution in [0.1, 0.15) is 252 Å². The number of ketones is 2. The van der Waals surface area contributed by atoms with Crippen molar-refractivity contribution in [2.24, 2.45) is 27.6 Å². The lowest BCUT2D eigenvalue weighted by atomic mass is 9.56. The van der Waals surface area contributed by atoms with E-state index in [1.807, 2.05) is 257 Å². The number of nitrogens with one attached hydrogen (secondary N) is 1. The van der Waals surface area contributed by atoms with Crippen LogP contribution in [-0.2, 0) is 71.0 Å². The number of carbonyl (C=O) groups excluding carboxylic acids is 7. The first kappa shape index (κ1) is 104. The van der Waals surface area contributed by atoms with Crippen molar-refractivity contribution in [1.82, 2.24) is 15.1 Å². The molecule has 6 heterocycles. The smallest absolute Gasteiger partial charge is 0.414 e. The molecule has 3 N–H and O–H groups in total. The van der Waals surface area contributed by atoms with Gasteiger partial charge in [-0.3, -0.25) is 53.5 Å². The first-order chi connectivity index (χ1) is 71.5. The maximum Gasteiger partial charge on any atom is 0.414 e. The Morgan fingerprint density at radius 1 is 0.361 bits per heavy atom. The number of benzene rings is 10. The lowest BCUT2D eigenvalue weighted by molar-refractivity contribution is -0.138. The van der Waals surface area contributed by atoms with Gasteiger partial charge in [-0.05, 0) is 233 Å². The summed E-state index contributed by atoms with van der Waals surface area (Å²) in [7, 11) is 0. The Balaban J connectivity index is 0.000000119. The third-order valence-corrected chi connectivity index (χ3v) is 32.9. The van der Waals surface area contributed by atoms with Crippen LogP contribution in [0.3, 0.4) is 0 Å². The molecule has 8 saturated carbocycles. The summed E-state index contributed by atoms with van der Waals surface area (Å²) in [6.07, 6.45) is 19.4. The van der Waals surface area contributed by atoms with Crippen LogP contribution in [0.25, 0.3) is 0 Å². The van der Waals surface area contributed by atoms with Crippen LogP contribution in [0.4, 0.5) is 52.4 Å². The Kier molecular flexibility index (Phi) is 33.3. The van der Waals surface area contributed by atoms with Crippen LogP contribution in [-0.4, -0.2) is 154 Å². The van der Waals surface area contributed by atoms with Crippen LogP contribution in [0, 0.1) is 27.6 Å². The van der Waals surface area contributed by atoms with Gasteiger partial charge >= 0.3 is 42.4 Å². The summed E-state index contributed by atoms with van der Waals surface area (Å²) < 4.78 is 33.2. The Bertz CT molecular complexity index is 6100. The van der Waals surface area contributed by atoms with Gasteiger partial charge in [0.15, 0.2) is 11.6 Å². The van der Waals surface area contributed by atoms with Crippen LogP contribution in [0.5, 0.6) is 0 Å². The van der Waals surface area contributed by atoms with Crippen LogP contribution in [0.2, 0.25) is 0 Å². The monoisotopic (exact) mass is 2100 g/mol. The number of amides is 5. The molecule has 14 aliphatic rings. The summed E-state index contributed by atoms with van der Waals surface area (Å²) in [4.78, 5) is 129. The van der Waals surface area contributed by atoms with Gasteiger partial charge in [-0.25, -0.2) is 24.0 Å². The van der Waals surface area contributed by atoms with E-state index >= 15 is 0 Å². The highest BCUT2D eigenvalue weighted by molar-refractivity contribution is 14.1. The number of hydrogen-bond acceptors (Lipinski definition) is 18. The fourth-order valence-corrected chi connectivity index (χ4v) is 24.1. The van der Waals surface area contributed by atoms with E-state index in [4.69, 9.17) is 38.6 Å². The minimum atomic E-state index is -0.741. The molecule has 24 rings (SSSR count). The van der Waals surface area contributed by atoms with E-state index in [9.17, 15) is 43.2 Å². The van der Waals surface area contributed by atoms with E-state index in [1.54, 1.807) is 21.9 Å². The molecule has 147 heavy (non-hydrogen) atoms. The van der Waals surface area contributed by atoms with E-state index in [1.165, 1.54) is 31.2 Å². The first-order valence-corrected chi connectivity index (χ1v) is 54.9. The topological polar surface area (TPSA) is 284 Å². The predicted molar refractivity (Wildman–Crippen MR) is 575 cm³/mol. The van der Waals surface area contributed by atoms with Crippen molar-refractivity contribution in [2.45, 2.75) is 268 Å². The Morgan fingerprint density at radius 2 is 0.680 bits per heavy atom.